The Morgan fingerprint density at radius 1 is 1.33 bits per heavy atom. The minimum atomic E-state index is 0. The lowest BCUT2D eigenvalue weighted by Crippen LogP contribution is -1.98. The Hall–Kier alpha value is -0.700. The lowest BCUT2D eigenvalue weighted by atomic mass is 10.2. The van der Waals surface area contributed by atoms with Gasteiger partial charge in [0.1, 0.15) is 0 Å². The van der Waals surface area contributed by atoms with Gasteiger partial charge in [0.15, 0.2) is 0 Å². The van der Waals surface area contributed by atoms with Gasteiger partial charge in [0.2, 0.25) is 0 Å². The molecule has 0 unspecified atom stereocenters. The first kappa shape index (κ1) is 11.3. The molecule has 0 radical (unpaired) electrons. The van der Waals surface area contributed by atoms with E-state index in [1.807, 2.05) is 11.7 Å². The summed E-state index contributed by atoms with van der Waals surface area (Å²) >= 11 is 0. The Balaban J connectivity index is 0.00000121. The molecular weight excluding hydrogens is 174 g/mol. The maximum Gasteiger partial charge on any atom is 0.0854 e. The summed E-state index contributed by atoms with van der Waals surface area (Å²) in [5.74, 6) is 0. The molecule has 0 amide bonds. The summed E-state index contributed by atoms with van der Waals surface area (Å²) in [7, 11) is 1.94. The second-order valence-electron chi connectivity index (χ2n) is 2.64. The second-order valence-corrected chi connectivity index (χ2v) is 2.64. The van der Waals surface area contributed by atoms with Crippen LogP contribution in [0.15, 0.2) is 0 Å². The predicted molar refractivity (Wildman–Crippen MR) is 53.6 cm³/mol. The van der Waals surface area contributed by atoms with E-state index < -0.39 is 0 Å². The molecule has 1 rings (SSSR count). The summed E-state index contributed by atoms with van der Waals surface area (Å²) < 4.78 is 1.87. The van der Waals surface area contributed by atoms with Gasteiger partial charge in [0.05, 0.1) is 17.1 Å². The Morgan fingerprint density at radius 2 is 1.92 bits per heavy atom. The number of aromatic nitrogens is 2. The van der Waals surface area contributed by atoms with Gasteiger partial charge in [-0.15, -0.1) is 12.4 Å². The molecule has 4 heteroatoms. The summed E-state index contributed by atoms with van der Waals surface area (Å²) in [6.45, 7) is 4.16. The molecule has 0 bridgehead atoms. The van der Waals surface area contributed by atoms with Crippen molar-refractivity contribution in [1.29, 1.82) is 0 Å². The van der Waals surface area contributed by atoms with Gasteiger partial charge in [0.25, 0.3) is 0 Å². The molecule has 0 spiro atoms. The van der Waals surface area contributed by atoms with E-state index in [1.165, 1.54) is 0 Å². The van der Waals surface area contributed by atoms with E-state index in [0.29, 0.717) is 0 Å². The normalized spacial score (nSPS) is 9.58. The predicted octanol–water partition coefficient (Wildman–Crippen LogP) is 1.55. The largest absolute Gasteiger partial charge is 0.396 e. The Kier molecular flexibility index (Phi) is 4.10. The van der Waals surface area contributed by atoms with Crippen LogP contribution in [-0.4, -0.2) is 9.78 Å². The van der Waals surface area contributed by atoms with E-state index in [4.69, 9.17) is 5.73 Å². The quantitative estimate of drug-likeness (QED) is 0.767. The van der Waals surface area contributed by atoms with Crippen molar-refractivity contribution in [1.82, 2.24) is 9.78 Å². The molecule has 12 heavy (non-hydrogen) atoms. The van der Waals surface area contributed by atoms with Crippen molar-refractivity contribution in [2.45, 2.75) is 26.7 Å². The summed E-state index contributed by atoms with van der Waals surface area (Å²) in [5, 5.41) is 4.29. The molecule has 0 aliphatic carbocycles. The molecule has 0 saturated carbocycles. The average Bonchev–Trinajstić information content (AvgIpc) is 2.26. The highest BCUT2D eigenvalue weighted by atomic mass is 35.5. The monoisotopic (exact) mass is 189 g/mol. The average molecular weight is 190 g/mol. The van der Waals surface area contributed by atoms with Gasteiger partial charge in [-0.25, -0.2) is 0 Å². The summed E-state index contributed by atoms with van der Waals surface area (Å²) in [6.07, 6.45) is 1.87. The third-order valence-corrected chi connectivity index (χ3v) is 1.95. The maximum atomic E-state index is 5.84. The molecule has 70 valence electrons. The Morgan fingerprint density at radius 3 is 2.17 bits per heavy atom. The number of halogens is 1. The first-order valence-corrected chi connectivity index (χ1v) is 4.00. The number of hydrogen-bond donors (Lipinski definition) is 1. The van der Waals surface area contributed by atoms with Crippen LogP contribution in [0.2, 0.25) is 0 Å². The molecule has 0 atom stereocenters. The molecule has 2 N–H and O–H groups in total. The van der Waals surface area contributed by atoms with E-state index in [2.05, 4.69) is 18.9 Å². The van der Waals surface area contributed by atoms with E-state index in [-0.39, 0.29) is 12.4 Å². The minimum absolute atomic E-state index is 0. The van der Waals surface area contributed by atoms with Gasteiger partial charge in [-0.3, -0.25) is 4.68 Å². The van der Waals surface area contributed by atoms with Crippen molar-refractivity contribution in [2.24, 2.45) is 7.05 Å². The zero-order chi connectivity index (χ0) is 8.43. The van der Waals surface area contributed by atoms with Crippen LogP contribution in [0.3, 0.4) is 0 Å². The van der Waals surface area contributed by atoms with Crippen LogP contribution < -0.4 is 5.73 Å². The third-order valence-electron chi connectivity index (χ3n) is 1.95. The summed E-state index contributed by atoms with van der Waals surface area (Å²) in [6, 6.07) is 0. The molecule has 1 aromatic heterocycles. The van der Waals surface area contributed by atoms with Crippen molar-refractivity contribution >= 4 is 18.1 Å². The number of rotatable bonds is 2. The highest BCUT2D eigenvalue weighted by molar-refractivity contribution is 5.85. The van der Waals surface area contributed by atoms with Gasteiger partial charge in [-0.05, 0) is 12.8 Å². The molecule has 0 aromatic carbocycles. The standard InChI is InChI=1S/C8H15N3.ClH/c1-4-6-8(9)7(5-2)11(3)10-6;/h4-5,9H2,1-3H3;1H. The molecule has 3 nitrogen and oxygen atoms in total. The van der Waals surface area contributed by atoms with Crippen LogP contribution in [0.5, 0.6) is 0 Å². The third kappa shape index (κ3) is 1.72. The lowest BCUT2D eigenvalue weighted by Gasteiger charge is -1.96. The van der Waals surface area contributed by atoms with Crippen LogP contribution in [0, 0.1) is 0 Å². The number of aryl methyl sites for hydroxylation is 2. The van der Waals surface area contributed by atoms with Crippen LogP contribution in [-0.2, 0) is 19.9 Å². The molecule has 1 aromatic rings. The minimum Gasteiger partial charge on any atom is -0.396 e. The fourth-order valence-electron chi connectivity index (χ4n) is 1.32. The van der Waals surface area contributed by atoms with Crippen molar-refractivity contribution in [3.05, 3.63) is 11.4 Å². The van der Waals surface area contributed by atoms with Gasteiger partial charge < -0.3 is 5.73 Å². The summed E-state index contributed by atoms with van der Waals surface area (Å²) in [5.41, 5.74) is 8.87. The number of anilines is 1. The molecule has 0 aliphatic heterocycles. The molecule has 0 fully saturated rings. The first-order chi connectivity index (χ1) is 5.20. The Bertz CT molecular complexity index is 255. The van der Waals surface area contributed by atoms with Gasteiger partial charge >= 0.3 is 0 Å². The van der Waals surface area contributed by atoms with E-state index in [9.17, 15) is 0 Å². The van der Waals surface area contributed by atoms with Crippen LogP contribution in [0.4, 0.5) is 5.69 Å². The molecule has 0 saturated heterocycles. The zero-order valence-corrected chi connectivity index (χ0v) is 8.61. The highest BCUT2D eigenvalue weighted by Crippen LogP contribution is 2.16. The number of nitrogens with two attached hydrogens (primary N) is 1. The highest BCUT2D eigenvalue weighted by Gasteiger charge is 2.08. The van der Waals surface area contributed by atoms with E-state index in [0.717, 1.165) is 29.9 Å². The van der Waals surface area contributed by atoms with E-state index >= 15 is 0 Å². The van der Waals surface area contributed by atoms with Crippen LogP contribution in [0.1, 0.15) is 25.2 Å². The SMILES string of the molecule is CCc1nn(C)c(CC)c1N.Cl. The lowest BCUT2D eigenvalue weighted by molar-refractivity contribution is 0.705. The Labute approximate surface area is 79.4 Å². The van der Waals surface area contributed by atoms with E-state index in [1.54, 1.807) is 0 Å². The van der Waals surface area contributed by atoms with Crippen LogP contribution >= 0.6 is 12.4 Å². The molecular formula is C8H16ClN3. The number of hydrogen-bond acceptors (Lipinski definition) is 2. The van der Waals surface area contributed by atoms with Gasteiger partial charge in [-0.1, -0.05) is 13.8 Å². The van der Waals surface area contributed by atoms with Gasteiger partial charge in [0, 0.05) is 7.05 Å². The molecule has 0 aliphatic rings. The van der Waals surface area contributed by atoms with Crippen molar-refractivity contribution in [3.63, 3.8) is 0 Å². The number of nitrogen functional groups attached to an aromatic ring is 1. The van der Waals surface area contributed by atoms with Crippen molar-refractivity contribution in [2.75, 3.05) is 5.73 Å². The molecule has 1 heterocycles. The maximum absolute atomic E-state index is 5.84. The van der Waals surface area contributed by atoms with Crippen molar-refractivity contribution < 1.29 is 0 Å². The smallest absolute Gasteiger partial charge is 0.0854 e. The van der Waals surface area contributed by atoms with Gasteiger partial charge in [-0.2, -0.15) is 5.10 Å². The second kappa shape index (κ2) is 4.36. The zero-order valence-electron chi connectivity index (χ0n) is 7.79. The van der Waals surface area contributed by atoms with Crippen molar-refractivity contribution in [3.8, 4) is 0 Å². The van der Waals surface area contributed by atoms with Crippen LogP contribution in [0.25, 0.3) is 0 Å². The topological polar surface area (TPSA) is 43.8 Å². The number of nitrogens with zero attached hydrogens (tertiary/aromatic N) is 2. The fraction of sp³-hybridized carbons (Fsp3) is 0.625. The first-order valence-electron chi connectivity index (χ1n) is 4.00. The summed E-state index contributed by atoms with van der Waals surface area (Å²) in [4.78, 5) is 0. The fourth-order valence-corrected chi connectivity index (χ4v) is 1.32.